The Morgan fingerprint density at radius 1 is 0.903 bits per heavy atom. The van der Waals surface area contributed by atoms with Gasteiger partial charge in [-0.3, -0.25) is 9.59 Å². The highest BCUT2D eigenvalue weighted by atomic mass is 35.5. The number of benzene rings is 2. The average Bonchev–Trinajstić information content (AvgIpc) is 3.33. The number of rotatable bonds is 4. The summed E-state index contributed by atoms with van der Waals surface area (Å²) in [6.45, 7) is 1.49. The van der Waals surface area contributed by atoms with Gasteiger partial charge in [-0.2, -0.15) is 0 Å². The third-order valence-electron chi connectivity index (χ3n) is 5.37. The van der Waals surface area contributed by atoms with E-state index < -0.39 is 0 Å². The van der Waals surface area contributed by atoms with E-state index in [0.29, 0.717) is 42.5 Å². The number of phenols is 1. The molecule has 7 nitrogen and oxygen atoms in total. The molecular weight excluding hydrogens is 418 g/mol. The van der Waals surface area contributed by atoms with Gasteiger partial charge < -0.3 is 24.2 Å². The minimum Gasteiger partial charge on any atom is -0.507 e. The van der Waals surface area contributed by atoms with Gasteiger partial charge in [0.25, 0.3) is 11.8 Å². The van der Waals surface area contributed by atoms with Crippen LogP contribution in [0.2, 0.25) is 5.02 Å². The van der Waals surface area contributed by atoms with Crippen molar-refractivity contribution in [1.82, 2.24) is 14.4 Å². The number of halogens is 1. The lowest BCUT2D eigenvalue weighted by atomic mass is 10.1. The minimum atomic E-state index is -0.248. The molecule has 1 fully saturated rings. The number of carbonyl (C=O) groups is 2. The Kier molecular flexibility index (Phi) is 5.86. The number of methoxy groups -OCH3 is 1. The Labute approximate surface area is 185 Å². The second kappa shape index (κ2) is 8.73. The molecule has 0 bridgehead atoms. The first kappa shape index (κ1) is 20.8. The van der Waals surface area contributed by atoms with Gasteiger partial charge in [-0.05, 0) is 30.3 Å². The number of aromatic nitrogens is 1. The van der Waals surface area contributed by atoms with E-state index in [1.165, 1.54) is 13.2 Å². The number of nitrogens with zero attached hydrogens (tertiary/aromatic N) is 3. The third kappa shape index (κ3) is 4.09. The molecule has 31 heavy (non-hydrogen) atoms. The van der Waals surface area contributed by atoms with Crippen LogP contribution in [0.25, 0.3) is 5.69 Å². The molecule has 4 rings (SSSR count). The molecule has 8 heteroatoms. The van der Waals surface area contributed by atoms with Crippen LogP contribution in [-0.2, 0) is 0 Å². The number of ether oxygens (including phenoxy) is 1. The summed E-state index contributed by atoms with van der Waals surface area (Å²) in [5, 5.41) is 10.4. The second-order valence-corrected chi connectivity index (χ2v) is 7.60. The maximum absolute atomic E-state index is 13.2. The number of para-hydroxylation sites is 1. The molecule has 3 aromatic rings. The van der Waals surface area contributed by atoms with Gasteiger partial charge in [-0.25, -0.2) is 0 Å². The normalized spacial score (nSPS) is 13.9. The molecule has 0 aliphatic carbocycles. The van der Waals surface area contributed by atoms with Gasteiger partial charge in [0.15, 0.2) is 0 Å². The lowest BCUT2D eigenvalue weighted by Crippen LogP contribution is -2.50. The number of amides is 2. The largest absolute Gasteiger partial charge is 0.507 e. The van der Waals surface area contributed by atoms with Crippen molar-refractivity contribution in [3.8, 4) is 17.2 Å². The van der Waals surface area contributed by atoms with E-state index in [2.05, 4.69) is 0 Å². The van der Waals surface area contributed by atoms with E-state index >= 15 is 0 Å². The monoisotopic (exact) mass is 439 g/mol. The Morgan fingerprint density at radius 2 is 1.48 bits per heavy atom. The van der Waals surface area contributed by atoms with Crippen molar-refractivity contribution in [2.45, 2.75) is 0 Å². The smallest absolute Gasteiger partial charge is 0.257 e. The van der Waals surface area contributed by atoms with Crippen molar-refractivity contribution in [2.24, 2.45) is 0 Å². The van der Waals surface area contributed by atoms with Gasteiger partial charge in [0.1, 0.15) is 11.5 Å². The number of hydrogen-bond acceptors (Lipinski definition) is 4. The molecule has 2 aromatic carbocycles. The fourth-order valence-electron chi connectivity index (χ4n) is 3.68. The summed E-state index contributed by atoms with van der Waals surface area (Å²) in [5.41, 5.74) is 1.36. The third-order valence-corrected chi connectivity index (χ3v) is 5.67. The van der Waals surface area contributed by atoms with E-state index in [1.807, 2.05) is 29.1 Å². The van der Waals surface area contributed by atoms with E-state index in [4.69, 9.17) is 16.3 Å². The summed E-state index contributed by atoms with van der Waals surface area (Å²) in [7, 11) is 1.52. The number of hydrogen-bond donors (Lipinski definition) is 1. The van der Waals surface area contributed by atoms with Crippen molar-refractivity contribution in [2.75, 3.05) is 33.3 Å². The molecule has 1 aliphatic heterocycles. The molecule has 1 aliphatic rings. The lowest BCUT2D eigenvalue weighted by Gasteiger charge is -2.35. The summed E-state index contributed by atoms with van der Waals surface area (Å²) in [6, 6.07) is 13.6. The van der Waals surface area contributed by atoms with Gasteiger partial charge in [0, 0.05) is 44.6 Å². The van der Waals surface area contributed by atoms with Crippen molar-refractivity contribution in [1.29, 1.82) is 0 Å². The van der Waals surface area contributed by atoms with Gasteiger partial charge in [-0.15, -0.1) is 0 Å². The van der Waals surface area contributed by atoms with Gasteiger partial charge in [0.05, 0.1) is 28.9 Å². The van der Waals surface area contributed by atoms with Crippen LogP contribution in [-0.4, -0.2) is 64.6 Å². The maximum Gasteiger partial charge on any atom is 0.257 e. The molecule has 0 spiro atoms. The fourth-order valence-corrected chi connectivity index (χ4v) is 3.94. The molecule has 2 amide bonds. The summed E-state index contributed by atoms with van der Waals surface area (Å²) >= 11 is 6.46. The highest BCUT2D eigenvalue weighted by Gasteiger charge is 2.28. The SMILES string of the molecule is COc1cc(-n2cccc2)c(Cl)cc1C(=O)N1CCN(C(=O)c2ccccc2O)CC1. The van der Waals surface area contributed by atoms with Crippen molar-refractivity contribution in [3.63, 3.8) is 0 Å². The van der Waals surface area contributed by atoms with Crippen molar-refractivity contribution >= 4 is 23.4 Å². The summed E-state index contributed by atoms with van der Waals surface area (Å²) in [4.78, 5) is 29.2. The number of piperazine rings is 1. The van der Waals surface area contributed by atoms with E-state index in [0.717, 1.165) is 5.69 Å². The average molecular weight is 440 g/mol. The van der Waals surface area contributed by atoms with Crippen LogP contribution in [0.4, 0.5) is 0 Å². The summed E-state index contributed by atoms with van der Waals surface area (Å²) in [5.74, 6) is -0.0617. The zero-order valence-electron chi connectivity index (χ0n) is 17.0. The van der Waals surface area contributed by atoms with Crippen LogP contribution >= 0.6 is 11.6 Å². The van der Waals surface area contributed by atoms with Gasteiger partial charge >= 0.3 is 0 Å². The first-order valence-electron chi connectivity index (χ1n) is 9.87. The molecule has 0 radical (unpaired) electrons. The van der Waals surface area contributed by atoms with Crippen LogP contribution in [0, 0.1) is 0 Å². The quantitative estimate of drug-likeness (QED) is 0.675. The van der Waals surface area contributed by atoms with Crippen LogP contribution < -0.4 is 4.74 Å². The number of aromatic hydroxyl groups is 1. The van der Waals surface area contributed by atoms with Crippen LogP contribution in [0.15, 0.2) is 60.9 Å². The summed E-state index contributed by atoms with van der Waals surface area (Å²) < 4.78 is 7.32. The molecule has 1 saturated heterocycles. The zero-order valence-corrected chi connectivity index (χ0v) is 17.7. The molecule has 0 atom stereocenters. The van der Waals surface area contributed by atoms with Gasteiger partial charge in [0.2, 0.25) is 0 Å². The Morgan fingerprint density at radius 3 is 2.06 bits per heavy atom. The molecule has 0 unspecified atom stereocenters. The number of carbonyl (C=O) groups excluding carboxylic acids is 2. The predicted octanol–water partition coefficient (Wildman–Crippen LogP) is 3.44. The minimum absolute atomic E-state index is 0.0480. The first-order chi connectivity index (χ1) is 15.0. The van der Waals surface area contributed by atoms with E-state index in [9.17, 15) is 14.7 Å². The zero-order chi connectivity index (χ0) is 22.0. The molecule has 0 saturated carbocycles. The van der Waals surface area contributed by atoms with E-state index in [-0.39, 0.29) is 23.1 Å². The molecule has 1 N–H and O–H groups in total. The van der Waals surface area contributed by atoms with Crippen molar-refractivity contribution in [3.05, 3.63) is 77.1 Å². The molecule has 160 valence electrons. The van der Waals surface area contributed by atoms with Crippen molar-refractivity contribution < 1.29 is 19.4 Å². The topological polar surface area (TPSA) is 75.0 Å². The van der Waals surface area contributed by atoms with Crippen LogP contribution in [0.3, 0.4) is 0 Å². The Bertz CT molecular complexity index is 1110. The fraction of sp³-hybridized carbons (Fsp3) is 0.217. The summed E-state index contributed by atoms with van der Waals surface area (Å²) in [6.07, 6.45) is 3.73. The van der Waals surface area contributed by atoms with Gasteiger partial charge in [-0.1, -0.05) is 23.7 Å². The second-order valence-electron chi connectivity index (χ2n) is 7.20. The predicted molar refractivity (Wildman–Crippen MR) is 117 cm³/mol. The first-order valence-corrected chi connectivity index (χ1v) is 10.2. The highest BCUT2D eigenvalue weighted by molar-refractivity contribution is 6.33. The number of phenolic OH excluding ortho intramolecular Hbond substituents is 1. The Hall–Kier alpha value is -3.45. The standard InChI is InChI=1S/C23H22ClN3O4/c1-31-21-15-19(25-8-4-5-9-25)18(24)14-17(21)23(30)27-12-10-26(11-13-27)22(29)16-6-2-3-7-20(16)28/h2-9,14-15,28H,10-13H2,1H3. The van der Waals surface area contributed by atoms with Crippen LogP contribution in [0.5, 0.6) is 11.5 Å². The van der Waals surface area contributed by atoms with Crippen LogP contribution in [0.1, 0.15) is 20.7 Å². The highest BCUT2D eigenvalue weighted by Crippen LogP contribution is 2.31. The maximum atomic E-state index is 13.2. The Balaban J connectivity index is 1.49. The lowest BCUT2D eigenvalue weighted by molar-refractivity contribution is 0.0532. The molecular formula is C23H22ClN3O4. The molecule has 1 aromatic heterocycles. The van der Waals surface area contributed by atoms with E-state index in [1.54, 1.807) is 40.1 Å². The molecule has 2 heterocycles.